The third-order valence-corrected chi connectivity index (χ3v) is 5.39. The highest BCUT2D eigenvalue weighted by atomic mass is 32.1. The van der Waals surface area contributed by atoms with Gasteiger partial charge in [0.05, 0.1) is 38.6 Å². The number of aromatic nitrogens is 4. The number of rotatable bonds is 2. The van der Waals surface area contributed by atoms with Crippen molar-refractivity contribution in [1.29, 1.82) is 0 Å². The van der Waals surface area contributed by atoms with E-state index in [9.17, 15) is 0 Å². The van der Waals surface area contributed by atoms with Crippen LogP contribution < -0.4 is 0 Å². The molecule has 0 saturated heterocycles. The van der Waals surface area contributed by atoms with Crippen molar-refractivity contribution in [2.24, 2.45) is 7.05 Å². The molecule has 4 aromatic rings. The number of fused-ring (bicyclic) bond motifs is 1. The van der Waals surface area contributed by atoms with Gasteiger partial charge in [-0.05, 0) is 45.4 Å². The Kier molecular flexibility index (Phi) is 3.31. The number of imidazole rings is 1. The molecule has 0 aliphatic carbocycles. The Morgan fingerprint density at radius 2 is 1.88 bits per heavy atom. The summed E-state index contributed by atoms with van der Waals surface area (Å²) in [5.41, 5.74) is 7.32. The summed E-state index contributed by atoms with van der Waals surface area (Å²) in [5, 5.41) is 5.16. The molecular weight excluding hydrogens is 320 g/mol. The van der Waals surface area contributed by atoms with Gasteiger partial charge in [0.15, 0.2) is 0 Å². The van der Waals surface area contributed by atoms with Gasteiger partial charge in [0.1, 0.15) is 5.76 Å². The fraction of sp³-hybridized carbons (Fsp3) is 0.278. The molecule has 0 radical (unpaired) electrons. The SMILES string of the molecule is Cc1nc(C)c(-c2cc(-c3c(C)noc3C)cc3ncn(C)c23)s1. The molecule has 0 aliphatic heterocycles. The first-order valence-corrected chi connectivity index (χ1v) is 8.60. The van der Waals surface area contributed by atoms with Crippen LogP contribution in [0.25, 0.3) is 32.6 Å². The summed E-state index contributed by atoms with van der Waals surface area (Å²) >= 11 is 1.72. The zero-order chi connectivity index (χ0) is 17.0. The van der Waals surface area contributed by atoms with Gasteiger partial charge in [-0.15, -0.1) is 11.3 Å². The maximum absolute atomic E-state index is 5.36. The number of benzene rings is 1. The first-order chi connectivity index (χ1) is 11.5. The number of thiazole rings is 1. The standard InChI is InChI=1S/C18H18N4OS/c1-9-16(11(3)23-21-9)13-6-14(18-10(2)20-12(4)24-18)17-15(7-13)19-8-22(17)5/h6-8H,1-5H3. The molecule has 4 rings (SSSR count). The van der Waals surface area contributed by atoms with E-state index in [0.29, 0.717) is 0 Å². The first-order valence-electron chi connectivity index (χ1n) is 7.78. The highest BCUT2D eigenvalue weighted by molar-refractivity contribution is 7.15. The molecule has 3 aromatic heterocycles. The van der Waals surface area contributed by atoms with Crippen LogP contribution in [-0.2, 0) is 7.05 Å². The summed E-state index contributed by atoms with van der Waals surface area (Å²) < 4.78 is 7.42. The maximum atomic E-state index is 5.36. The molecule has 122 valence electrons. The molecule has 5 nitrogen and oxygen atoms in total. The minimum absolute atomic E-state index is 0.825. The lowest BCUT2D eigenvalue weighted by Crippen LogP contribution is -1.91. The second-order valence-electron chi connectivity index (χ2n) is 6.09. The van der Waals surface area contributed by atoms with E-state index < -0.39 is 0 Å². The van der Waals surface area contributed by atoms with Gasteiger partial charge in [-0.2, -0.15) is 0 Å². The lowest BCUT2D eigenvalue weighted by Gasteiger charge is -2.08. The summed E-state index contributed by atoms with van der Waals surface area (Å²) in [6.45, 7) is 8.01. The van der Waals surface area contributed by atoms with Crippen molar-refractivity contribution in [3.63, 3.8) is 0 Å². The van der Waals surface area contributed by atoms with E-state index >= 15 is 0 Å². The van der Waals surface area contributed by atoms with Crippen molar-refractivity contribution >= 4 is 22.4 Å². The van der Waals surface area contributed by atoms with Gasteiger partial charge in [0.2, 0.25) is 0 Å². The van der Waals surface area contributed by atoms with Crippen molar-refractivity contribution in [3.8, 4) is 21.6 Å². The fourth-order valence-electron chi connectivity index (χ4n) is 3.29. The zero-order valence-corrected chi connectivity index (χ0v) is 15.2. The van der Waals surface area contributed by atoms with Crippen LogP contribution in [0.15, 0.2) is 23.0 Å². The molecular formula is C18H18N4OS. The van der Waals surface area contributed by atoms with Crippen molar-refractivity contribution in [2.45, 2.75) is 27.7 Å². The lowest BCUT2D eigenvalue weighted by atomic mass is 9.99. The van der Waals surface area contributed by atoms with Crippen LogP contribution in [0.5, 0.6) is 0 Å². The quantitative estimate of drug-likeness (QED) is 0.536. The van der Waals surface area contributed by atoms with Crippen LogP contribution in [-0.4, -0.2) is 19.7 Å². The zero-order valence-electron chi connectivity index (χ0n) is 14.3. The normalized spacial score (nSPS) is 11.5. The second kappa shape index (κ2) is 5.27. The molecule has 0 spiro atoms. The lowest BCUT2D eigenvalue weighted by molar-refractivity contribution is 0.393. The van der Waals surface area contributed by atoms with Crippen LogP contribution in [0, 0.1) is 27.7 Å². The predicted molar refractivity (Wildman–Crippen MR) is 96.3 cm³/mol. The van der Waals surface area contributed by atoms with E-state index in [1.54, 1.807) is 11.3 Å². The van der Waals surface area contributed by atoms with Crippen LogP contribution in [0.2, 0.25) is 0 Å². The van der Waals surface area contributed by atoms with Gasteiger partial charge < -0.3 is 9.09 Å². The van der Waals surface area contributed by atoms with Gasteiger partial charge in [-0.1, -0.05) is 5.16 Å². The average Bonchev–Trinajstić information content (AvgIpc) is 3.17. The minimum Gasteiger partial charge on any atom is -0.361 e. The van der Waals surface area contributed by atoms with Gasteiger partial charge in [0, 0.05) is 18.2 Å². The Labute approximate surface area is 144 Å². The molecule has 0 aliphatic rings. The van der Waals surface area contributed by atoms with Crippen LogP contribution >= 0.6 is 11.3 Å². The molecule has 0 saturated carbocycles. The van der Waals surface area contributed by atoms with E-state index in [-0.39, 0.29) is 0 Å². The molecule has 0 N–H and O–H groups in total. The number of nitrogens with zero attached hydrogens (tertiary/aromatic N) is 4. The van der Waals surface area contributed by atoms with Crippen molar-refractivity contribution in [3.05, 3.63) is 40.6 Å². The molecule has 6 heteroatoms. The summed E-state index contributed by atoms with van der Waals surface area (Å²) in [6, 6.07) is 4.31. The molecule has 3 heterocycles. The summed E-state index contributed by atoms with van der Waals surface area (Å²) in [5.74, 6) is 0.825. The highest BCUT2D eigenvalue weighted by Gasteiger charge is 2.19. The van der Waals surface area contributed by atoms with Crippen molar-refractivity contribution < 1.29 is 4.52 Å². The Hall–Kier alpha value is -2.47. The largest absolute Gasteiger partial charge is 0.361 e. The van der Waals surface area contributed by atoms with Crippen LogP contribution in [0.3, 0.4) is 0 Å². The Balaban J connectivity index is 2.08. The topological polar surface area (TPSA) is 56.7 Å². The van der Waals surface area contributed by atoms with Crippen LogP contribution in [0.1, 0.15) is 22.2 Å². The summed E-state index contributed by atoms with van der Waals surface area (Å²) in [7, 11) is 2.03. The highest BCUT2D eigenvalue weighted by Crippen LogP contribution is 2.39. The molecule has 0 fully saturated rings. The van der Waals surface area contributed by atoms with Gasteiger partial charge in [0.25, 0.3) is 0 Å². The van der Waals surface area contributed by atoms with Crippen molar-refractivity contribution in [2.75, 3.05) is 0 Å². The van der Waals surface area contributed by atoms with Gasteiger partial charge >= 0.3 is 0 Å². The summed E-state index contributed by atoms with van der Waals surface area (Å²) in [6.07, 6.45) is 1.86. The smallest absolute Gasteiger partial charge is 0.141 e. The van der Waals surface area contributed by atoms with E-state index in [0.717, 1.165) is 49.9 Å². The Morgan fingerprint density at radius 3 is 2.50 bits per heavy atom. The molecule has 0 bridgehead atoms. The van der Waals surface area contributed by atoms with Crippen LogP contribution in [0.4, 0.5) is 0 Å². The van der Waals surface area contributed by atoms with E-state index in [1.807, 2.05) is 34.1 Å². The third kappa shape index (κ3) is 2.17. The Bertz CT molecular complexity index is 1050. The Morgan fingerprint density at radius 1 is 1.08 bits per heavy atom. The monoisotopic (exact) mass is 338 g/mol. The minimum atomic E-state index is 0.825. The summed E-state index contributed by atoms with van der Waals surface area (Å²) in [4.78, 5) is 10.4. The van der Waals surface area contributed by atoms with Crippen molar-refractivity contribution in [1.82, 2.24) is 19.7 Å². The molecule has 0 unspecified atom stereocenters. The van der Waals surface area contributed by atoms with Gasteiger partial charge in [-0.25, -0.2) is 9.97 Å². The molecule has 24 heavy (non-hydrogen) atoms. The van der Waals surface area contributed by atoms with Gasteiger partial charge in [-0.3, -0.25) is 0 Å². The first kappa shape index (κ1) is 15.1. The second-order valence-corrected chi connectivity index (χ2v) is 7.30. The third-order valence-electron chi connectivity index (χ3n) is 4.28. The molecule has 0 atom stereocenters. The van der Waals surface area contributed by atoms with E-state index in [2.05, 4.69) is 38.7 Å². The number of hydrogen-bond donors (Lipinski definition) is 0. The maximum Gasteiger partial charge on any atom is 0.141 e. The van der Waals surface area contributed by atoms with E-state index in [1.165, 1.54) is 4.88 Å². The van der Waals surface area contributed by atoms with E-state index in [4.69, 9.17) is 4.52 Å². The fourth-order valence-corrected chi connectivity index (χ4v) is 4.23. The number of hydrogen-bond acceptors (Lipinski definition) is 5. The molecule has 0 amide bonds. The number of aryl methyl sites for hydroxylation is 5. The average molecular weight is 338 g/mol. The predicted octanol–water partition coefficient (Wildman–Crippen LogP) is 4.59. The molecule has 1 aromatic carbocycles.